The first-order valence-corrected chi connectivity index (χ1v) is 6.73. The molecule has 0 saturated heterocycles. The van der Waals surface area contributed by atoms with Crippen LogP contribution in [0.25, 0.3) is 0 Å². The van der Waals surface area contributed by atoms with Crippen LogP contribution in [0.15, 0.2) is 36.7 Å². The van der Waals surface area contributed by atoms with Crippen molar-refractivity contribution in [3.8, 4) is 0 Å². The lowest BCUT2D eigenvalue weighted by Crippen LogP contribution is -2.23. The average Bonchev–Trinajstić information content (AvgIpc) is 2.92. The summed E-state index contributed by atoms with van der Waals surface area (Å²) >= 11 is 0. The highest BCUT2D eigenvalue weighted by atomic mass is 35.5. The van der Waals surface area contributed by atoms with Crippen LogP contribution >= 0.6 is 24.8 Å². The smallest absolute Gasteiger partial charge is 0.253 e. The Hall–Kier alpha value is -1.62. The fourth-order valence-electron chi connectivity index (χ4n) is 2.42. The molecule has 118 valence electrons. The number of aromatic nitrogens is 1. The van der Waals surface area contributed by atoms with E-state index in [1.165, 1.54) is 11.1 Å². The highest BCUT2D eigenvalue weighted by Gasteiger charge is 2.11. The molecular weight excluding hydrogens is 321 g/mol. The zero-order chi connectivity index (χ0) is 13.9. The van der Waals surface area contributed by atoms with E-state index >= 15 is 0 Å². The van der Waals surface area contributed by atoms with E-state index in [2.05, 4.69) is 33.8 Å². The third kappa shape index (κ3) is 4.19. The maximum atomic E-state index is 12.0. The van der Waals surface area contributed by atoms with Crippen molar-refractivity contribution < 1.29 is 4.79 Å². The van der Waals surface area contributed by atoms with Crippen molar-refractivity contribution in [2.75, 3.05) is 0 Å². The molecule has 2 N–H and O–H groups in total. The third-order valence-corrected chi connectivity index (χ3v) is 3.49. The van der Waals surface area contributed by atoms with Crippen LogP contribution in [-0.4, -0.2) is 10.9 Å². The number of nitrogens with zero attached hydrogens (tertiary/aromatic N) is 1. The summed E-state index contributed by atoms with van der Waals surface area (Å²) in [6, 6.07) is 8.20. The highest BCUT2D eigenvalue weighted by Crippen LogP contribution is 2.17. The lowest BCUT2D eigenvalue weighted by Gasteiger charge is -2.07. The second kappa shape index (κ2) is 8.13. The first-order valence-electron chi connectivity index (χ1n) is 6.73. The van der Waals surface area contributed by atoms with E-state index in [0.29, 0.717) is 12.1 Å². The minimum Gasteiger partial charge on any atom is -0.348 e. The van der Waals surface area contributed by atoms with E-state index in [4.69, 9.17) is 0 Å². The average molecular weight is 340 g/mol. The zero-order valence-electron chi connectivity index (χ0n) is 12.3. The second-order valence-corrected chi connectivity index (χ2v) is 5.14. The Labute approximate surface area is 142 Å². The van der Waals surface area contributed by atoms with Gasteiger partial charge in [0.05, 0.1) is 5.56 Å². The topological polar surface area (TPSA) is 54.0 Å². The molecule has 0 fully saturated rings. The number of carbonyl (C=O) groups is 1. The molecule has 4 nitrogen and oxygen atoms in total. The van der Waals surface area contributed by atoms with E-state index in [-0.39, 0.29) is 30.7 Å². The number of aryl methyl sites for hydroxylation is 1. The SMILES string of the molecule is Cc1cncc(C(=O)NCc2ccc3c(c2)CNC3)c1.Cl.Cl. The quantitative estimate of drug-likeness (QED) is 0.903. The fraction of sp³-hybridized carbons (Fsp3) is 0.250. The molecule has 1 aromatic heterocycles. The lowest BCUT2D eigenvalue weighted by atomic mass is 10.1. The van der Waals surface area contributed by atoms with Gasteiger partial charge in [-0.05, 0) is 35.2 Å². The Bertz CT molecular complexity index is 662. The van der Waals surface area contributed by atoms with Gasteiger partial charge in [-0.25, -0.2) is 0 Å². The zero-order valence-corrected chi connectivity index (χ0v) is 13.9. The normalized spacial score (nSPS) is 11.9. The van der Waals surface area contributed by atoms with Gasteiger partial charge in [0, 0.05) is 32.0 Å². The molecule has 22 heavy (non-hydrogen) atoms. The number of carbonyl (C=O) groups excluding carboxylic acids is 1. The Morgan fingerprint density at radius 1 is 1.18 bits per heavy atom. The number of nitrogens with one attached hydrogen (secondary N) is 2. The van der Waals surface area contributed by atoms with Gasteiger partial charge >= 0.3 is 0 Å². The number of hydrogen-bond donors (Lipinski definition) is 2. The van der Waals surface area contributed by atoms with E-state index < -0.39 is 0 Å². The fourth-order valence-corrected chi connectivity index (χ4v) is 2.42. The first-order chi connectivity index (χ1) is 9.72. The van der Waals surface area contributed by atoms with Gasteiger partial charge in [-0.2, -0.15) is 0 Å². The predicted octanol–water partition coefficient (Wildman–Crippen LogP) is 2.77. The Kier molecular flexibility index (Phi) is 6.81. The molecule has 1 aliphatic rings. The molecule has 0 spiro atoms. The molecule has 2 heterocycles. The lowest BCUT2D eigenvalue weighted by molar-refractivity contribution is 0.0950. The summed E-state index contributed by atoms with van der Waals surface area (Å²) in [7, 11) is 0. The first kappa shape index (κ1) is 18.4. The number of hydrogen-bond acceptors (Lipinski definition) is 3. The van der Waals surface area contributed by atoms with Crippen molar-refractivity contribution in [2.45, 2.75) is 26.6 Å². The van der Waals surface area contributed by atoms with Crippen LogP contribution in [0.1, 0.15) is 32.6 Å². The molecule has 1 amide bonds. The minimum absolute atomic E-state index is 0. The molecule has 0 aliphatic carbocycles. The summed E-state index contributed by atoms with van der Waals surface area (Å²) in [5.74, 6) is -0.0835. The molecule has 0 saturated carbocycles. The molecule has 0 radical (unpaired) electrons. The maximum absolute atomic E-state index is 12.0. The van der Waals surface area contributed by atoms with Gasteiger partial charge < -0.3 is 10.6 Å². The van der Waals surface area contributed by atoms with Crippen LogP contribution in [0.4, 0.5) is 0 Å². The summed E-state index contributed by atoms with van der Waals surface area (Å²) in [6.07, 6.45) is 3.33. The molecule has 0 atom stereocenters. The van der Waals surface area contributed by atoms with Crippen molar-refractivity contribution in [3.05, 3.63) is 64.5 Å². The Morgan fingerprint density at radius 3 is 2.73 bits per heavy atom. The van der Waals surface area contributed by atoms with Crippen molar-refractivity contribution in [3.63, 3.8) is 0 Å². The van der Waals surface area contributed by atoms with Crippen LogP contribution in [0, 0.1) is 6.92 Å². The van der Waals surface area contributed by atoms with E-state index in [0.717, 1.165) is 24.2 Å². The number of benzene rings is 1. The molecule has 6 heteroatoms. The van der Waals surface area contributed by atoms with Gasteiger partial charge in [0.2, 0.25) is 0 Å². The summed E-state index contributed by atoms with van der Waals surface area (Å²) < 4.78 is 0. The van der Waals surface area contributed by atoms with Gasteiger partial charge in [-0.3, -0.25) is 9.78 Å². The summed E-state index contributed by atoms with van der Waals surface area (Å²) in [6.45, 7) is 4.33. The van der Waals surface area contributed by atoms with Crippen LogP contribution in [0.2, 0.25) is 0 Å². The second-order valence-electron chi connectivity index (χ2n) is 5.14. The maximum Gasteiger partial charge on any atom is 0.253 e. The van der Waals surface area contributed by atoms with Gasteiger partial charge in [-0.15, -0.1) is 24.8 Å². The minimum atomic E-state index is -0.0835. The monoisotopic (exact) mass is 339 g/mol. The molecule has 1 aliphatic heterocycles. The Balaban J connectivity index is 0.00000121. The molecule has 0 unspecified atom stereocenters. The third-order valence-electron chi connectivity index (χ3n) is 3.49. The van der Waals surface area contributed by atoms with Crippen molar-refractivity contribution in [1.29, 1.82) is 0 Å². The van der Waals surface area contributed by atoms with Crippen molar-refractivity contribution in [1.82, 2.24) is 15.6 Å². The van der Waals surface area contributed by atoms with Crippen molar-refractivity contribution >= 4 is 30.7 Å². The molecule has 0 bridgehead atoms. The summed E-state index contributed by atoms with van der Waals surface area (Å²) in [4.78, 5) is 16.1. The van der Waals surface area contributed by atoms with Crippen LogP contribution < -0.4 is 10.6 Å². The highest BCUT2D eigenvalue weighted by molar-refractivity contribution is 5.93. The number of halogens is 2. The largest absolute Gasteiger partial charge is 0.348 e. The van der Waals surface area contributed by atoms with Crippen LogP contribution in [0.3, 0.4) is 0 Å². The van der Waals surface area contributed by atoms with E-state index in [1.807, 2.05) is 13.0 Å². The number of fused-ring (bicyclic) bond motifs is 1. The number of pyridine rings is 1. The predicted molar refractivity (Wildman–Crippen MR) is 91.6 cm³/mol. The molecule has 2 aromatic rings. The molecular formula is C16H19Cl2N3O. The van der Waals surface area contributed by atoms with Crippen LogP contribution in [0.5, 0.6) is 0 Å². The van der Waals surface area contributed by atoms with Crippen LogP contribution in [-0.2, 0) is 19.6 Å². The van der Waals surface area contributed by atoms with Gasteiger partial charge in [0.15, 0.2) is 0 Å². The number of amides is 1. The summed E-state index contributed by atoms with van der Waals surface area (Å²) in [5, 5.41) is 6.25. The van der Waals surface area contributed by atoms with Crippen molar-refractivity contribution in [2.24, 2.45) is 0 Å². The molecule has 3 rings (SSSR count). The van der Waals surface area contributed by atoms with Gasteiger partial charge in [-0.1, -0.05) is 18.2 Å². The number of rotatable bonds is 3. The van der Waals surface area contributed by atoms with Gasteiger partial charge in [0.25, 0.3) is 5.91 Å². The Morgan fingerprint density at radius 2 is 1.95 bits per heavy atom. The standard InChI is InChI=1S/C16H17N3O.2ClH/c1-11-4-15(10-17-6-11)16(20)19-7-12-2-3-13-8-18-9-14(13)5-12;;/h2-6,10,18H,7-9H2,1H3,(H,19,20);2*1H. The van der Waals surface area contributed by atoms with Gasteiger partial charge in [0.1, 0.15) is 0 Å². The van der Waals surface area contributed by atoms with E-state index in [1.54, 1.807) is 12.4 Å². The summed E-state index contributed by atoms with van der Waals surface area (Å²) in [5.41, 5.74) is 5.40. The molecule has 1 aromatic carbocycles. The van der Waals surface area contributed by atoms with E-state index in [9.17, 15) is 4.79 Å².